The van der Waals surface area contributed by atoms with Crippen molar-refractivity contribution in [3.05, 3.63) is 91.2 Å². The number of carbonyl (C=O) groups is 1. The van der Waals surface area contributed by atoms with E-state index in [-0.39, 0.29) is 29.9 Å². The Labute approximate surface area is 173 Å². The Morgan fingerprint density at radius 2 is 1.79 bits per heavy atom. The second kappa shape index (κ2) is 8.98. The molecule has 0 aliphatic heterocycles. The van der Waals surface area contributed by atoms with Gasteiger partial charge in [0.1, 0.15) is 5.69 Å². The minimum absolute atomic E-state index is 0.0283. The smallest absolute Gasteiger partial charge is 0.293 e. The second-order valence-corrected chi connectivity index (χ2v) is 7.98. The lowest BCUT2D eigenvalue weighted by Gasteiger charge is -2.18. The molecule has 0 saturated carbocycles. The summed E-state index contributed by atoms with van der Waals surface area (Å²) in [6.45, 7) is 5.72. The van der Waals surface area contributed by atoms with E-state index in [0.717, 1.165) is 21.6 Å². The number of amides is 1. The van der Waals surface area contributed by atoms with Crippen LogP contribution in [0.2, 0.25) is 0 Å². The fourth-order valence-corrected chi connectivity index (χ4v) is 3.87. The van der Waals surface area contributed by atoms with Gasteiger partial charge in [-0.25, -0.2) is 0 Å². The van der Waals surface area contributed by atoms with E-state index in [1.54, 1.807) is 17.4 Å². The number of rotatable bonds is 7. The Hall–Kier alpha value is -3.03. The first-order valence-electron chi connectivity index (χ1n) is 9.24. The summed E-state index contributed by atoms with van der Waals surface area (Å²) in [5, 5.41) is 19.3. The molecule has 150 valence electrons. The van der Waals surface area contributed by atoms with Crippen LogP contribution in [0.4, 0.5) is 11.4 Å². The van der Waals surface area contributed by atoms with E-state index in [1.165, 1.54) is 11.6 Å². The molecule has 29 heavy (non-hydrogen) atoms. The molecule has 1 heterocycles. The normalized spacial score (nSPS) is 11.8. The van der Waals surface area contributed by atoms with Crippen LogP contribution in [0.3, 0.4) is 0 Å². The number of thiophene rings is 1. The van der Waals surface area contributed by atoms with Crippen LogP contribution in [0.15, 0.2) is 53.9 Å². The number of hydrogen-bond donors (Lipinski definition) is 2. The summed E-state index contributed by atoms with van der Waals surface area (Å²) in [6.07, 6.45) is 0. The average molecular weight is 410 g/mol. The molecule has 2 aromatic carbocycles. The highest BCUT2D eigenvalue weighted by Gasteiger charge is 2.20. The van der Waals surface area contributed by atoms with Crippen molar-refractivity contribution in [2.75, 3.05) is 11.9 Å². The van der Waals surface area contributed by atoms with Crippen LogP contribution >= 0.6 is 11.3 Å². The summed E-state index contributed by atoms with van der Waals surface area (Å²) in [6, 6.07) is 15.1. The van der Waals surface area contributed by atoms with Crippen molar-refractivity contribution < 1.29 is 9.72 Å². The topological polar surface area (TPSA) is 84.3 Å². The fourth-order valence-electron chi connectivity index (χ4n) is 3.04. The van der Waals surface area contributed by atoms with Gasteiger partial charge < -0.3 is 5.32 Å². The maximum absolute atomic E-state index is 12.6. The van der Waals surface area contributed by atoms with E-state index in [9.17, 15) is 14.9 Å². The largest absolute Gasteiger partial charge is 0.319 e. The van der Waals surface area contributed by atoms with Crippen molar-refractivity contribution in [2.45, 2.75) is 26.8 Å². The molecule has 1 amide bonds. The summed E-state index contributed by atoms with van der Waals surface area (Å²) < 4.78 is 0. The lowest BCUT2D eigenvalue weighted by Crippen LogP contribution is -2.31. The number of benzene rings is 2. The number of nitro groups is 1. The van der Waals surface area contributed by atoms with E-state index < -0.39 is 4.92 Å². The van der Waals surface area contributed by atoms with Gasteiger partial charge in [0.15, 0.2) is 0 Å². The first kappa shape index (κ1) is 20.7. The molecule has 0 aliphatic carbocycles. The summed E-state index contributed by atoms with van der Waals surface area (Å²) in [4.78, 5) is 24.5. The van der Waals surface area contributed by atoms with Crippen molar-refractivity contribution >= 4 is 28.6 Å². The van der Waals surface area contributed by atoms with Crippen molar-refractivity contribution in [2.24, 2.45) is 0 Å². The van der Waals surface area contributed by atoms with Gasteiger partial charge in [-0.05, 0) is 55.0 Å². The molecule has 2 N–H and O–H groups in total. The fraction of sp³-hybridized carbons (Fsp3) is 0.227. The predicted molar refractivity (Wildman–Crippen MR) is 117 cm³/mol. The van der Waals surface area contributed by atoms with Gasteiger partial charge in [-0.15, -0.1) is 11.3 Å². The maximum Gasteiger partial charge on any atom is 0.293 e. The minimum Gasteiger partial charge on any atom is -0.319 e. The summed E-state index contributed by atoms with van der Waals surface area (Å²) in [5.41, 5.74) is 4.03. The molecule has 7 heteroatoms. The van der Waals surface area contributed by atoms with Crippen LogP contribution in [0.5, 0.6) is 0 Å². The van der Waals surface area contributed by atoms with Gasteiger partial charge in [0.05, 0.1) is 17.5 Å². The van der Waals surface area contributed by atoms with E-state index in [2.05, 4.69) is 10.6 Å². The molecule has 0 radical (unpaired) electrons. The van der Waals surface area contributed by atoms with E-state index in [1.807, 2.05) is 62.5 Å². The highest BCUT2D eigenvalue weighted by molar-refractivity contribution is 7.10. The van der Waals surface area contributed by atoms with Gasteiger partial charge in [0.25, 0.3) is 5.69 Å². The summed E-state index contributed by atoms with van der Waals surface area (Å²) in [7, 11) is 0. The predicted octanol–water partition coefficient (Wildman–Crippen LogP) is 4.90. The van der Waals surface area contributed by atoms with E-state index in [4.69, 9.17) is 0 Å². The molecule has 3 aromatic rings. The van der Waals surface area contributed by atoms with Gasteiger partial charge in [0, 0.05) is 10.9 Å². The summed E-state index contributed by atoms with van der Waals surface area (Å²) in [5.74, 6) is -0.329. The maximum atomic E-state index is 12.6. The van der Waals surface area contributed by atoms with Gasteiger partial charge >= 0.3 is 0 Å². The Balaban J connectivity index is 1.75. The molecule has 3 rings (SSSR count). The number of nitrogens with zero attached hydrogens (tertiary/aromatic N) is 1. The molecule has 0 bridgehead atoms. The zero-order valence-corrected chi connectivity index (χ0v) is 17.4. The van der Waals surface area contributed by atoms with Gasteiger partial charge in [0.2, 0.25) is 5.91 Å². The molecule has 0 fully saturated rings. The third-order valence-corrected chi connectivity index (χ3v) is 5.73. The number of hydrogen-bond acceptors (Lipinski definition) is 5. The highest BCUT2D eigenvalue weighted by atomic mass is 32.1. The first-order chi connectivity index (χ1) is 13.8. The molecule has 0 saturated heterocycles. The Morgan fingerprint density at radius 1 is 1.10 bits per heavy atom. The Bertz CT molecular complexity index is 1010. The Kier molecular flexibility index (Phi) is 6.41. The van der Waals surface area contributed by atoms with Crippen LogP contribution in [-0.4, -0.2) is 17.4 Å². The lowest BCUT2D eigenvalue weighted by atomic mass is 10.0. The lowest BCUT2D eigenvalue weighted by molar-refractivity contribution is -0.384. The monoisotopic (exact) mass is 409 g/mol. The van der Waals surface area contributed by atoms with Crippen molar-refractivity contribution in [3.8, 4) is 0 Å². The van der Waals surface area contributed by atoms with E-state index in [0.29, 0.717) is 0 Å². The number of nitrogens with one attached hydrogen (secondary N) is 2. The van der Waals surface area contributed by atoms with Crippen LogP contribution in [0, 0.1) is 30.9 Å². The number of aryl methyl sites for hydroxylation is 3. The second-order valence-electron chi connectivity index (χ2n) is 7.00. The Morgan fingerprint density at radius 3 is 2.41 bits per heavy atom. The van der Waals surface area contributed by atoms with Crippen molar-refractivity contribution in [1.82, 2.24) is 5.32 Å². The minimum atomic E-state index is -0.476. The molecule has 6 nitrogen and oxygen atoms in total. The first-order valence-corrected chi connectivity index (χ1v) is 10.1. The molecule has 0 aliphatic rings. The van der Waals surface area contributed by atoms with Crippen LogP contribution in [0.25, 0.3) is 0 Å². The van der Waals surface area contributed by atoms with Crippen molar-refractivity contribution in [3.63, 3.8) is 0 Å². The number of carbonyl (C=O) groups excluding carboxylic acids is 1. The molecule has 1 atom stereocenters. The molecule has 0 unspecified atom stereocenters. The van der Waals surface area contributed by atoms with Crippen LogP contribution in [0.1, 0.15) is 33.2 Å². The molecule has 0 spiro atoms. The molecular weight excluding hydrogens is 386 g/mol. The SMILES string of the molecule is Cc1ccc([C@H](NCC(=O)Nc2cc(C)c(C)cc2[N+](=O)[O-])c2cccs2)cc1. The highest BCUT2D eigenvalue weighted by Crippen LogP contribution is 2.28. The van der Waals surface area contributed by atoms with Gasteiger partial charge in [-0.2, -0.15) is 0 Å². The standard InChI is InChI=1S/C22H23N3O3S/c1-14-6-8-17(9-7-14)22(20-5-4-10-29-20)23-13-21(26)24-18-11-15(2)16(3)12-19(18)25(27)28/h4-12,22-23H,13H2,1-3H3,(H,24,26)/t22-/m0/s1. The number of nitro benzene ring substituents is 1. The van der Waals surface area contributed by atoms with Crippen LogP contribution in [-0.2, 0) is 4.79 Å². The zero-order chi connectivity index (χ0) is 21.0. The average Bonchev–Trinajstić information content (AvgIpc) is 3.20. The number of anilines is 1. The molecular formula is C22H23N3O3S. The van der Waals surface area contributed by atoms with Crippen molar-refractivity contribution in [1.29, 1.82) is 0 Å². The van der Waals surface area contributed by atoms with E-state index >= 15 is 0 Å². The molecule has 1 aromatic heterocycles. The zero-order valence-electron chi connectivity index (χ0n) is 16.6. The summed E-state index contributed by atoms with van der Waals surface area (Å²) >= 11 is 1.61. The van der Waals surface area contributed by atoms with Crippen LogP contribution < -0.4 is 10.6 Å². The van der Waals surface area contributed by atoms with Gasteiger partial charge in [-0.1, -0.05) is 35.9 Å². The van der Waals surface area contributed by atoms with Gasteiger partial charge in [-0.3, -0.25) is 20.2 Å². The third-order valence-electron chi connectivity index (χ3n) is 4.79. The third kappa shape index (κ3) is 5.07. The quantitative estimate of drug-likeness (QED) is 0.429.